The minimum Gasteiger partial charge on any atom is -0.356 e. The number of aromatic nitrogens is 1. The number of guanidine groups is 1. The highest BCUT2D eigenvalue weighted by Crippen LogP contribution is 2.05. The normalized spacial score (nSPS) is 11.1. The summed E-state index contributed by atoms with van der Waals surface area (Å²) in [6, 6.07) is 3.80. The van der Waals surface area contributed by atoms with Gasteiger partial charge >= 0.3 is 0 Å². The lowest BCUT2D eigenvalue weighted by Crippen LogP contribution is -2.39. The topological polar surface area (TPSA) is 49.3 Å². The molecule has 0 aliphatic heterocycles. The van der Waals surface area contributed by atoms with E-state index in [9.17, 15) is 0 Å². The Morgan fingerprint density at radius 2 is 2.11 bits per heavy atom. The third kappa shape index (κ3) is 8.26. The van der Waals surface area contributed by atoms with Crippen molar-refractivity contribution in [3.8, 4) is 0 Å². The van der Waals surface area contributed by atoms with E-state index in [-0.39, 0.29) is 24.0 Å². The minimum absolute atomic E-state index is 0. The Labute approximate surface area is 137 Å². The summed E-state index contributed by atoms with van der Waals surface area (Å²) in [5.41, 5.74) is 1.16. The molecule has 0 aromatic carbocycles. The highest BCUT2D eigenvalue weighted by atomic mass is 127. The van der Waals surface area contributed by atoms with E-state index >= 15 is 0 Å². The van der Waals surface area contributed by atoms with Gasteiger partial charge in [0.2, 0.25) is 0 Å². The third-order valence-corrected chi connectivity index (χ3v) is 2.62. The molecule has 0 saturated heterocycles. The number of rotatable bonds is 5. The second kappa shape index (κ2) is 10.3. The van der Waals surface area contributed by atoms with Crippen LogP contribution in [0.15, 0.2) is 23.3 Å². The van der Waals surface area contributed by atoms with E-state index in [0.29, 0.717) is 11.1 Å². The molecule has 0 aliphatic rings. The molecule has 0 amide bonds. The fourth-order valence-corrected chi connectivity index (χ4v) is 1.51. The molecule has 1 aromatic heterocycles. The van der Waals surface area contributed by atoms with Gasteiger partial charge in [0.05, 0.1) is 0 Å². The van der Waals surface area contributed by atoms with Gasteiger partial charge in [0.1, 0.15) is 5.15 Å². The van der Waals surface area contributed by atoms with Gasteiger partial charge in [-0.1, -0.05) is 31.5 Å². The molecule has 1 rings (SSSR count). The van der Waals surface area contributed by atoms with Crippen molar-refractivity contribution < 1.29 is 0 Å². The molecule has 108 valence electrons. The van der Waals surface area contributed by atoms with Crippen LogP contribution < -0.4 is 10.6 Å². The number of nitrogens with one attached hydrogen (secondary N) is 2. The molecular formula is C13H22ClIN4. The summed E-state index contributed by atoms with van der Waals surface area (Å²) in [4.78, 5) is 8.21. The largest absolute Gasteiger partial charge is 0.356 e. The Balaban J connectivity index is 0.00000324. The van der Waals surface area contributed by atoms with Crippen molar-refractivity contribution in [3.05, 3.63) is 29.0 Å². The number of hydrogen-bond acceptors (Lipinski definition) is 2. The van der Waals surface area contributed by atoms with Crippen LogP contribution in [0.1, 0.15) is 19.4 Å². The first-order valence-corrected chi connectivity index (χ1v) is 6.54. The maximum Gasteiger partial charge on any atom is 0.190 e. The Bertz CT molecular complexity index is 379. The zero-order valence-electron chi connectivity index (χ0n) is 11.6. The lowest BCUT2D eigenvalue weighted by Gasteiger charge is -2.13. The number of nitrogens with zero attached hydrogens (tertiary/aromatic N) is 2. The van der Waals surface area contributed by atoms with Gasteiger partial charge in [0.15, 0.2) is 5.96 Å². The maximum absolute atomic E-state index is 5.73. The predicted octanol–water partition coefficient (Wildman–Crippen LogP) is 2.72. The fourth-order valence-electron chi connectivity index (χ4n) is 1.40. The Kier molecular flexibility index (Phi) is 9.95. The quantitative estimate of drug-likeness (QED) is 0.348. The van der Waals surface area contributed by atoms with E-state index in [0.717, 1.165) is 31.0 Å². The summed E-state index contributed by atoms with van der Waals surface area (Å²) in [5, 5.41) is 7.06. The molecule has 0 radical (unpaired) electrons. The molecule has 0 unspecified atom stereocenters. The fraction of sp³-hybridized carbons (Fsp3) is 0.538. The molecular weight excluding hydrogens is 375 g/mol. The molecule has 4 nitrogen and oxygen atoms in total. The van der Waals surface area contributed by atoms with Crippen molar-refractivity contribution >= 4 is 41.5 Å². The van der Waals surface area contributed by atoms with Crippen molar-refractivity contribution in [1.82, 2.24) is 15.6 Å². The first-order valence-electron chi connectivity index (χ1n) is 6.16. The summed E-state index contributed by atoms with van der Waals surface area (Å²) in [6.07, 6.45) is 2.70. The van der Waals surface area contributed by atoms with Gasteiger partial charge in [-0.3, -0.25) is 4.99 Å². The Hall–Kier alpha value is -0.560. The van der Waals surface area contributed by atoms with Crippen LogP contribution in [-0.2, 0) is 6.42 Å². The average Bonchev–Trinajstić information content (AvgIpc) is 2.35. The number of hydrogen-bond donors (Lipinski definition) is 2. The lowest BCUT2D eigenvalue weighted by molar-refractivity contribution is 0.614. The Morgan fingerprint density at radius 3 is 2.63 bits per heavy atom. The van der Waals surface area contributed by atoms with Gasteiger partial charge in [-0.05, 0) is 24.0 Å². The predicted molar refractivity (Wildman–Crippen MR) is 92.6 cm³/mol. The molecule has 6 heteroatoms. The van der Waals surface area contributed by atoms with Crippen molar-refractivity contribution in [2.75, 3.05) is 20.1 Å². The first-order chi connectivity index (χ1) is 8.61. The summed E-state index contributed by atoms with van der Waals surface area (Å²) < 4.78 is 0. The molecule has 0 saturated carbocycles. The van der Waals surface area contributed by atoms with Crippen molar-refractivity contribution in [3.63, 3.8) is 0 Å². The number of aliphatic imine (C=N–C) groups is 1. The molecule has 0 fully saturated rings. The van der Waals surface area contributed by atoms with Crippen LogP contribution in [0.25, 0.3) is 0 Å². The SMILES string of the molecule is CN=C(NCCc1ccc(Cl)nc1)NCC(C)C.I. The van der Waals surface area contributed by atoms with E-state index in [1.807, 2.05) is 12.1 Å². The van der Waals surface area contributed by atoms with E-state index in [1.54, 1.807) is 13.2 Å². The zero-order chi connectivity index (χ0) is 13.4. The summed E-state index contributed by atoms with van der Waals surface area (Å²) >= 11 is 5.73. The number of halogens is 2. The molecule has 0 atom stereocenters. The minimum atomic E-state index is 0. The maximum atomic E-state index is 5.73. The lowest BCUT2D eigenvalue weighted by atomic mass is 10.2. The second-order valence-electron chi connectivity index (χ2n) is 4.51. The van der Waals surface area contributed by atoms with Crippen LogP contribution in [0.3, 0.4) is 0 Å². The molecule has 0 spiro atoms. The van der Waals surface area contributed by atoms with Crippen molar-refractivity contribution in [2.45, 2.75) is 20.3 Å². The van der Waals surface area contributed by atoms with Crippen molar-refractivity contribution in [2.24, 2.45) is 10.9 Å². The van der Waals surface area contributed by atoms with Crippen LogP contribution >= 0.6 is 35.6 Å². The van der Waals surface area contributed by atoms with Gasteiger partial charge < -0.3 is 10.6 Å². The highest BCUT2D eigenvalue weighted by Gasteiger charge is 1.99. The van der Waals surface area contributed by atoms with Gasteiger partial charge in [-0.25, -0.2) is 4.98 Å². The molecule has 1 aromatic rings. The standard InChI is InChI=1S/C13H21ClN4.HI/c1-10(2)8-18-13(15-3)16-7-6-11-4-5-12(14)17-9-11;/h4-5,9-10H,6-8H2,1-3H3,(H2,15,16,18);1H. The average molecular weight is 397 g/mol. The summed E-state index contributed by atoms with van der Waals surface area (Å²) in [5.74, 6) is 1.44. The van der Waals surface area contributed by atoms with Crippen LogP contribution in [0.5, 0.6) is 0 Å². The molecule has 0 aliphatic carbocycles. The molecule has 0 bridgehead atoms. The van der Waals surface area contributed by atoms with Gasteiger partial charge in [-0.2, -0.15) is 0 Å². The van der Waals surface area contributed by atoms with E-state index < -0.39 is 0 Å². The van der Waals surface area contributed by atoms with E-state index in [1.165, 1.54) is 0 Å². The van der Waals surface area contributed by atoms with Gasteiger partial charge in [0, 0.05) is 26.3 Å². The molecule has 2 N–H and O–H groups in total. The van der Waals surface area contributed by atoms with Crippen LogP contribution in [0.2, 0.25) is 5.15 Å². The molecule has 1 heterocycles. The van der Waals surface area contributed by atoms with Crippen LogP contribution in [0, 0.1) is 5.92 Å². The smallest absolute Gasteiger partial charge is 0.190 e. The van der Waals surface area contributed by atoms with Gasteiger partial charge in [-0.15, -0.1) is 24.0 Å². The molecule has 19 heavy (non-hydrogen) atoms. The second-order valence-corrected chi connectivity index (χ2v) is 4.90. The van der Waals surface area contributed by atoms with Crippen LogP contribution in [-0.4, -0.2) is 31.1 Å². The summed E-state index contributed by atoms with van der Waals surface area (Å²) in [6.45, 7) is 6.07. The zero-order valence-corrected chi connectivity index (χ0v) is 14.7. The third-order valence-electron chi connectivity index (χ3n) is 2.40. The number of pyridine rings is 1. The highest BCUT2D eigenvalue weighted by molar-refractivity contribution is 14.0. The first kappa shape index (κ1) is 18.4. The monoisotopic (exact) mass is 396 g/mol. The van der Waals surface area contributed by atoms with E-state index in [4.69, 9.17) is 11.6 Å². The van der Waals surface area contributed by atoms with Crippen LogP contribution in [0.4, 0.5) is 0 Å². The van der Waals surface area contributed by atoms with E-state index in [2.05, 4.69) is 34.5 Å². The van der Waals surface area contributed by atoms with Crippen molar-refractivity contribution in [1.29, 1.82) is 0 Å². The van der Waals surface area contributed by atoms with Gasteiger partial charge in [0.25, 0.3) is 0 Å². The summed E-state index contributed by atoms with van der Waals surface area (Å²) in [7, 11) is 1.78. The Morgan fingerprint density at radius 1 is 1.37 bits per heavy atom.